The Bertz CT molecular complexity index is 531. The largest absolute Gasteiger partial charge is 0.340 e. The van der Waals surface area contributed by atoms with Gasteiger partial charge in [-0.15, -0.1) is 23.4 Å². The average Bonchev–Trinajstić information content (AvgIpc) is 2.39. The van der Waals surface area contributed by atoms with Gasteiger partial charge in [0, 0.05) is 11.8 Å². The number of hydrogen-bond acceptors (Lipinski definition) is 4. The van der Waals surface area contributed by atoms with Crippen LogP contribution in [0.4, 0.5) is 11.5 Å². The van der Waals surface area contributed by atoms with Crippen LogP contribution in [0.25, 0.3) is 0 Å². The highest BCUT2D eigenvalue weighted by Crippen LogP contribution is 2.29. The van der Waals surface area contributed by atoms with E-state index in [4.69, 9.17) is 11.6 Å². The molecule has 2 aromatic rings. The lowest BCUT2D eigenvalue weighted by molar-refractivity contribution is 1.05. The summed E-state index contributed by atoms with van der Waals surface area (Å²) in [5.74, 6) is 0.777. The van der Waals surface area contributed by atoms with E-state index in [-0.39, 0.29) is 5.38 Å². The summed E-state index contributed by atoms with van der Waals surface area (Å²) in [6.45, 7) is 1.95. The SMILES string of the molecule is CSc1cc(Nc2ccccc2C(C)Cl)ncn1. The van der Waals surface area contributed by atoms with Gasteiger partial charge in [0.2, 0.25) is 0 Å². The topological polar surface area (TPSA) is 37.8 Å². The quantitative estimate of drug-likeness (QED) is 0.516. The fourth-order valence-electron chi connectivity index (χ4n) is 1.62. The number of anilines is 2. The maximum atomic E-state index is 6.16. The summed E-state index contributed by atoms with van der Waals surface area (Å²) in [4.78, 5) is 8.35. The van der Waals surface area contributed by atoms with Crippen molar-refractivity contribution in [3.8, 4) is 0 Å². The van der Waals surface area contributed by atoms with Crippen molar-refractivity contribution in [1.29, 1.82) is 0 Å². The molecule has 2 rings (SSSR count). The summed E-state index contributed by atoms with van der Waals surface area (Å²) < 4.78 is 0. The van der Waals surface area contributed by atoms with E-state index < -0.39 is 0 Å². The number of nitrogens with zero attached hydrogens (tertiary/aromatic N) is 2. The normalized spacial score (nSPS) is 12.2. The molecular formula is C13H14ClN3S. The van der Waals surface area contributed by atoms with Crippen molar-refractivity contribution in [2.75, 3.05) is 11.6 Å². The predicted molar refractivity (Wildman–Crippen MR) is 77.8 cm³/mol. The van der Waals surface area contributed by atoms with Crippen molar-refractivity contribution in [2.45, 2.75) is 17.3 Å². The van der Waals surface area contributed by atoms with Crippen molar-refractivity contribution < 1.29 is 0 Å². The first-order valence-corrected chi connectivity index (χ1v) is 7.23. The molecule has 0 aliphatic heterocycles. The van der Waals surface area contributed by atoms with Crippen LogP contribution in [0.1, 0.15) is 17.9 Å². The molecule has 0 aliphatic carbocycles. The third-order valence-electron chi connectivity index (χ3n) is 2.50. The zero-order valence-electron chi connectivity index (χ0n) is 10.2. The van der Waals surface area contributed by atoms with Gasteiger partial charge in [-0.1, -0.05) is 18.2 Å². The zero-order valence-corrected chi connectivity index (χ0v) is 11.8. The second-order valence-corrected chi connectivity index (χ2v) is 5.26. The number of para-hydroxylation sites is 1. The average molecular weight is 280 g/mol. The summed E-state index contributed by atoms with van der Waals surface area (Å²) in [5.41, 5.74) is 2.04. The number of benzene rings is 1. The Labute approximate surface area is 116 Å². The molecule has 1 heterocycles. The third-order valence-corrected chi connectivity index (χ3v) is 3.38. The van der Waals surface area contributed by atoms with Gasteiger partial charge >= 0.3 is 0 Å². The van der Waals surface area contributed by atoms with Crippen molar-refractivity contribution in [3.05, 3.63) is 42.2 Å². The van der Waals surface area contributed by atoms with Crippen LogP contribution in [0, 0.1) is 0 Å². The molecule has 1 unspecified atom stereocenters. The zero-order chi connectivity index (χ0) is 13.0. The van der Waals surface area contributed by atoms with Gasteiger partial charge in [-0.25, -0.2) is 9.97 Å². The van der Waals surface area contributed by atoms with Crippen LogP contribution in [0.15, 0.2) is 41.7 Å². The van der Waals surface area contributed by atoms with Gasteiger partial charge in [0.05, 0.1) is 5.38 Å². The van der Waals surface area contributed by atoms with Crippen molar-refractivity contribution >= 4 is 34.9 Å². The molecule has 1 aromatic carbocycles. The van der Waals surface area contributed by atoms with E-state index in [1.54, 1.807) is 18.1 Å². The molecule has 1 aromatic heterocycles. The highest BCUT2D eigenvalue weighted by Gasteiger charge is 2.08. The lowest BCUT2D eigenvalue weighted by Gasteiger charge is -2.12. The fourth-order valence-corrected chi connectivity index (χ4v) is 2.19. The molecule has 1 N–H and O–H groups in total. The van der Waals surface area contributed by atoms with Gasteiger partial charge in [0.1, 0.15) is 17.2 Å². The number of alkyl halides is 1. The smallest absolute Gasteiger partial charge is 0.134 e. The lowest BCUT2D eigenvalue weighted by Crippen LogP contribution is -1.99. The van der Waals surface area contributed by atoms with Crippen molar-refractivity contribution in [3.63, 3.8) is 0 Å². The summed E-state index contributed by atoms with van der Waals surface area (Å²) in [6.07, 6.45) is 3.54. The van der Waals surface area contributed by atoms with Crippen molar-refractivity contribution in [2.24, 2.45) is 0 Å². The molecule has 3 nitrogen and oxygen atoms in total. The number of halogens is 1. The van der Waals surface area contributed by atoms with Gasteiger partial charge in [0.15, 0.2) is 0 Å². The van der Waals surface area contributed by atoms with Gasteiger partial charge in [-0.2, -0.15) is 0 Å². The molecule has 0 amide bonds. The number of nitrogens with one attached hydrogen (secondary N) is 1. The Kier molecular flexibility index (Phi) is 4.44. The Morgan fingerprint density at radius 3 is 2.78 bits per heavy atom. The first kappa shape index (κ1) is 13.2. The summed E-state index contributed by atoms with van der Waals surface area (Å²) in [6, 6.07) is 9.88. The predicted octanol–water partition coefficient (Wildman–Crippen LogP) is 4.24. The van der Waals surface area contributed by atoms with Gasteiger partial charge < -0.3 is 5.32 Å². The first-order chi connectivity index (χ1) is 8.70. The molecule has 94 valence electrons. The second-order valence-electron chi connectivity index (χ2n) is 3.77. The van der Waals surface area contributed by atoms with Crippen LogP contribution in [0.5, 0.6) is 0 Å². The van der Waals surface area contributed by atoms with Crippen LogP contribution in [0.2, 0.25) is 0 Å². The summed E-state index contributed by atoms with van der Waals surface area (Å²) in [5, 5.41) is 4.17. The number of rotatable bonds is 4. The van der Waals surface area contributed by atoms with E-state index in [0.717, 1.165) is 22.1 Å². The van der Waals surface area contributed by atoms with Gasteiger partial charge in [0.25, 0.3) is 0 Å². The standard InChI is InChI=1S/C13H14ClN3S/c1-9(14)10-5-3-4-6-11(10)17-12-7-13(18-2)16-8-15-12/h3-9H,1-2H3,(H,15,16,17). The molecular weight excluding hydrogens is 266 g/mol. The van der Waals surface area contributed by atoms with E-state index in [1.165, 1.54) is 0 Å². The molecule has 1 atom stereocenters. The number of hydrogen-bond donors (Lipinski definition) is 1. The van der Waals surface area contributed by atoms with Crippen LogP contribution >= 0.6 is 23.4 Å². The minimum atomic E-state index is -0.0458. The maximum absolute atomic E-state index is 6.16. The molecule has 5 heteroatoms. The fraction of sp³-hybridized carbons (Fsp3) is 0.231. The monoisotopic (exact) mass is 279 g/mol. The minimum absolute atomic E-state index is 0.0458. The van der Waals surface area contributed by atoms with E-state index in [0.29, 0.717) is 0 Å². The maximum Gasteiger partial charge on any atom is 0.134 e. The Morgan fingerprint density at radius 1 is 1.28 bits per heavy atom. The second kappa shape index (κ2) is 6.07. The minimum Gasteiger partial charge on any atom is -0.340 e. The molecule has 0 saturated carbocycles. The van der Waals surface area contributed by atoms with Crippen LogP contribution < -0.4 is 5.32 Å². The number of aromatic nitrogens is 2. The summed E-state index contributed by atoms with van der Waals surface area (Å²) >= 11 is 7.74. The Balaban J connectivity index is 2.28. The van der Waals surface area contributed by atoms with Gasteiger partial charge in [-0.05, 0) is 24.8 Å². The molecule has 0 fully saturated rings. The Hall–Kier alpha value is -1.26. The number of thioether (sulfide) groups is 1. The third kappa shape index (κ3) is 3.15. The van der Waals surface area contributed by atoms with E-state index in [1.807, 2.05) is 43.5 Å². The van der Waals surface area contributed by atoms with Crippen LogP contribution in [0.3, 0.4) is 0 Å². The first-order valence-electron chi connectivity index (χ1n) is 5.56. The Morgan fingerprint density at radius 2 is 2.06 bits per heavy atom. The highest BCUT2D eigenvalue weighted by molar-refractivity contribution is 7.98. The molecule has 0 saturated heterocycles. The summed E-state index contributed by atoms with van der Waals surface area (Å²) in [7, 11) is 0. The van der Waals surface area contributed by atoms with E-state index in [9.17, 15) is 0 Å². The van der Waals surface area contributed by atoms with Crippen LogP contribution in [-0.4, -0.2) is 16.2 Å². The highest BCUT2D eigenvalue weighted by atomic mass is 35.5. The molecule has 0 bridgehead atoms. The van der Waals surface area contributed by atoms with Crippen molar-refractivity contribution in [1.82, 2.24) is 9.97 Å². The molecule has 0 aliphatic rings. The van der Waals surface area contributed by atoms with E-state index >= 15 is 0 Å². The van der Waals surface area contributed by atoms with Gasteiger partial charge in [-0.3, -0.25) is 0 Å². The van der Waals surface area contributed by atoms with Crippen LogP contribution in [-0.2, 0) is 0 Å². The molecule has 18 heavy (non-hydrogen) atoms. The van der Waals surface area contributed by atoms with E-state index in [2.05, 4.69) is 15.3 Å². The molecule has 0 radical (unpaired) electrons. The molecule has 0 spiro atoms. The lowest BCUT2D eigenvalue weighted by atomic mass is 10.1.